The number of aliphatic hydroxyl groups is 2. The molecule has 0 amide bonds. The fraction of sp³-hybridized carbons (Fsp3) is 0.600. The van der Waals surface area contributed by atoms with E-state index < -0.39 is 6.29 Å². The monoisotopic (exact) mass is 200 g/mol. The molecule has 80 valence electrons. The number of hydrogen-bond donors (Lipinski definition) is 2. The molecule has 0 spiro atoms. The van der Waals surface area contributed by atoms with Crippen molar-refractivity contribution in [2.75, 3.05) is 13.7 Å². The van der Waals surface area contributed by atoms with E-state index in [-0.39, 0.29) is 6.61 Å². The average Bonchev–Trinajstić information content (AvgIpc) is 2.17. The molecule has 0 saturated carbocycles. The Morgan fingerprint density at radius 3 is 2.79 bits per heavy atom. The van der Waals surface area contributed by atoms with E-state index in [1.165, 1.54) is 13.2 Å². The highest BCUT2D eigenvalue weighted by Crippen LogP contribution is 2.26. The van der Waals surface area contributed by atoms with Gasteiger partial charge in [0, 0.05) is 12.5 Å². The van der Waals surface area contributed by atoms with Gasteiger partial charge >= 0.3 is 0 Å². The molecule has 2 N–H and O–H groups in total. The highest BCUT2D eigenvalue weighted by atomic mass is 16.6. The molecule has 1 heterocycles. The summed E-state index contributed by atoms with van der Waals surface area (Å²) in [7, 11) is 1.50. The summed E-state index contributed by atoms with van der Waals surface area (Å²) >= 11 is 0. The van der Waals surface area contributed by atoms with Crippen LogP contribution in [0.3, 0.4) is 0 Å². The third-order valence-electron chi connectivity index (χ3n) is 2.05. The van der Waals surface area contributed by atoms with Crippen LogP contribution in [0.2, 0.25) is 0 Å². The van der Waals surface area contributed by atoms with E-state index in [1.807, 2.05) is 6.92 Å². The summed E-state index contributed by atoms with van der Waals surface area (Å²) in [6.07, 6.45) is 2.04. The van der Waals surface area contributed by atoms with Crippen LogP contribution in [0.4, 0.5) is 0 Å². The topological polar surface area (TPSA) is 58.9 Å². The van der Waals surface area contributed by atoms with Gasteiger partial charge in [0.1, 0.15) is 11.5 Å². The van der Waals surface area contributed by atoms with E-state index in [1.54, 1.807) is 0 Å². The molecule has 0 aromatic heterocycles. The van der Waals surface area contributed by atoms with Crippen molar-refractivity contribution in [1.82, 2.24) is 0 Å². The fourth-order valence-corrected chi connectivity index (χ4v) is 1.41. The van der Waals surface area contributed by atoms with Crippen LogP contribution in [0.15, 0.2) is 23.2 Å². The van der Waals surface area contributed by atoms with E-state index in [4.69, 9.17) is 14.6 Å². The minimum atomic E-state index is -0.971. The van der Waals surface area contributed by atoms with Crippen molar-refractivity contribution < 1.29 is 19.7 Å². The zero-order valence-corrected chi connectivity index (χ0v) is 8.49. The summed E-state index contributed by atoms with van der Waals surface area (Å²) in [5, 5.41) is 18.5. The van der Waals surface area contributed by atoms with Crippen molar-refractivity contribution in [2.24, 2.45) is 0 Å². The lowest BCUT2D eigenvalue weighted by molar-refractivity contribution is -0.0394. The Morgan fingerprint density at radius 1 is 1.57 bits per heavy atom. The highest BCUT2D eigenvalue weighted by Gasteiger charge is 2.21. The molecule has 1 aliphatic rings. The number of ether oxygens (including phenoxy) is 2. The van der Waals surface area contributed by atoms with Crippen LogP contribution in [0, 0.1) is 0 Å². The van der Waals surface area contributed by atoms with Gasteiger partial charge in [-0.3, -0.25) is 0 Å². The van der Waals surface area contributed by atoms with E-state index in [0.717, 1.165) is 6.42 Å². The van der Waals surface area contributed by atoms with Crippen molar-refractivity contribution in [3.05, 3.63) is 23.2 Å². The number of allylic oxidation sites excluding steroid dienone is 1. The Balaban J connectivity index is 2.93. The normalized spacial score (nSPS) is 21.7. The summed E-state index contributed by atoms with van der Waals surface area (Å²) in [6.45, 7) is 1.87. The molecule has 14 heavy (non-hydrogen) atoms. The van der Waals surface area contributed by atoms with Gasteiger partial charge in [0.25, 0.3) is 0 Å². The third kappa shape index (κ3) is 2.27. The van der Waals surface area contributed by atoms with E-state index >= 15 is 0 Å². The van der Waals surface area contributed by atoms with Gasteiger partial charge in [-0.2, -0.15) is 0 Å². The Bertz CT molecular complexity index is 255. The molecule has 1 rings (SSSR count). The first kappa shape index (κ1) is 11.1. The first-order chi connectivity index (χ1) is 6.72. The molecule has 0 saturated heterocycles. The lowest BCUT2D eigenvalue weighted by atomic mass is 10.1. The maximum Gasteiger partial charge on any atom is 0.220 e. The second-order valence-corrected chi connectivity index (χ2v) is 3.05. The van der Waals surface area contributed by atoms with Crippen molar-refractivity contribution in [3.63, 3.8) is 0 Å². The second-order valence-electron chi connectivity index (χ2n) is 3.05. The van der Waals surface area contributed by atoms with Crippen LogP contribution in [-0.2, 0) is 9.47 Å². The molecule has 1 unspecified atom stereocenters. The van der Waals surface area contributed by atoms with Crippen molar-refractivity contribution in [2.45, 2.75) is 26.1 Å². The van der Waals surface area contributed by atoms with Gasteiger partial charge in [-0.05, 0) is 6.42 Å². The van der Waals surface area contributed by atoms with Crippen LogP contribution < -0.4 is 0 Å². The Morgan fingerprint density at radius 2 is 2.29 bits per heavy atom. The number of aliphatic hydroxyl groups excluding tert-OH is 2. The molecule has 0 fully saturated rings. The maximum atomic E-state index is 9.33. The van der Waals surface area contributed by atoms with E-state index in [0.29, 0.717) is 23.5 Å². The fourth-order valence-electron chi connectivity index (χ4n) is 1.41. The molecular weight excluding hydrogens is 184 g/mol. The van der Waals surface area contributed by atoms with Gasteiger partial charge in [0.2, 0.25) is 6.29 Å². The van der Waals surface area contributed by atoms with Gasteiger partial charge in [-0.1, -0.05) is 6.92 Å². The van der Waals surface area contributed by atoms with E-state index in [9.17, 15) is 5.11 Å². The summed E-state index contributed by atoms with van der Waals surface area (Å²) in [6, 6.07) is 0. The Labute approximate surface area is 83.5 Å². The molecule has 0 aromatic rings. The van der Waals surface area contributed by atoms with Gasteiger partial charge in [0.15, 0.2) is 0 Å². The van der Waals surface area contributed by atoms with Crippen molar-refractivity contribution >= 4 is 0 Å². The molecule has 0 aliphatic carbocycles. The second kappa shape index (κ2) is 5.02. The largest absolute Gasteiger partial charge is 0.496 e. The van der Waals surface area contributed by atoms with Crippen LogP contribution in [-0.4, -0.2) is 30.2 Å². The molecule has 4 heteroatoms. The van der Waals surface area contributed by atoms with Gasteiger partial charge < -0.3 is 19.7 Å². The zero-order chi connectivity index (χ0) is 10.6. The Hall–Kier alpha value is -1.00. The first-order valence-electron chi connectivity index (χ1n) is 4.66. The zero-order valence-electron chi connectivity index (χ0n) is 8.49. The Kier molecular flexibility index (Phi) is 3.98. The summed E-state index contributed by atoms with van der Waals surface area (Å²) in [5.74, 6) is 1.11. The number of methoxy groups -OCH3 is 1. The van der Waals surface area contributed by atoms with Gasteiger partial charge in [-0.25, -0.2) is 0 Å². The minimum Gasteiger partial charge on any atom is -0.496 e. The summed E-state index contributed by atoms with van der Waals surface area (Å²) in [4.78, 5) is 0. The lowest BCUT2D eigenvalue weighted by Gasteiger charge is -2.23. The molecule has 0 radical (unpaired) electrons. The molecule has 4 nitrogen and oxygen atoms in total. The summed E-state index contributed by atoms with van der Waals surface area (Å²) < 4.78 is 10.2. The quantitative estimate of drug-likeness (QED) is 0.708. The average molecular weight is 200 g/mol. The standard InChI is InChI=1S/C10H16O4/c1-3-4-8-7(6-11)9(13-2)5-10(12)14-8/h5,10-12H,3-4,6H2,1-2H3. The van der Waals surface area contributed by atoms with Gasteiger partial charge in [-0.15, -0.1) is 0 Å². The number of hydrogen-bond acceptors (Lipinski definition) is 4. The SMILES string of the molecule is CCCC1=C(CO)C(OC)=CC(O)O1. The third-order valence-corrected chi connectivity index (χ3v) is 2.05. The van der Waals surface area contributed by atoms with Crippen LogP contribution >= 0.6 is 0 Å². The molecule has 0 bridgehead atoms. The van der Waals surface area contributed by atoms with Crippen LogP contribution in [0.25, 0.3) is 0 Å². The van der Waals surface area contributed by atoms with Crippen molar-refractivity contribution in [1.29, 1.82) is 0 Å². The molecule has 0 aromatic carbocycles. The number of rotatable bonds is 4. The smallest absolute Gasteiger partial charge is 0.220 e. The van der Waals surface area contributed by atoms with E-state index in [2.05, 4.69) is 0 Å². The molecule has 1 aliphatic heterocycles. The lowest BCUT2D eigenvalue weighted by Crippen LogP contribution is -2.19. The van der Waals surface area contributed by atoms with Crippen molar-refractivity contribution in [3.8, 4) is 0 Å². The maximum absolute atomic E-state index is 9.33. The predicted molar refractivity (Wildman–Crippen MR) is 51.2 cm³/mol. The molecule has 1 atom stereocenters. The first-order valence-corrected chi connectivity index (χ1v) is 4.66. The predicted octanol–water partition coefficient (Wildman–Crippen LogP) is 0.912. The van der Waals surface area contributed by atoms with Gasteiger partial charge in [0.05, 0.1) is 19.3 Å². The minimum absolute atomic E-state index is 0.137. The highest BCUT2D eigenvalue weighted by molar-refractivity contribution is 5.32. The van der Waals surface area contributed by atoms with Crippen LogP contribution in [0.1, 0.15) is 19.8 Å². The molecular formula is C10H16O4. The van der Waals surface area contributed by atoms with Crippen LogP contribution in [0.5, 0.6) is 0 Å². The summed E-state index contributed by atoms with van der Waals surface area (Å²) in [5.41, 5.74) is 0.625.